The van der Waals surface area contributed by atoms with E-state index in [1.165, 1.54) is 12.1 Å². The van der Waals surface area contributed by atoms with E-state index < -0.39 is 5.97 Å². The molecule has 0 saturated carbocycles. The lowest BCUT2D eigenvalue weighted by Crippen LogP contribution is -2.40. The molecule has 2 amide bonds. The Bertz CT molecular complexity index is 414. The van der Waals surface area contributed by atoms with E-state index in [-0.39, 0.29) is 24.4 Å². The van der Waals surface area contributed by atoms with Gasteiger partial charge >= 0.3 is 12.0 Å². The quantitative estimate of drug-likeness (QED) is 0.723. The van der Waals surface area contributed by atoms with Gasteiger partial charge in [-0.25, -0.2) is 9.59 Å². The summed E-state index contributed by atoms with van der Waals surface area (Å²) in [4.78, 5) is 22.0. The Kier molecular flexibility index (Phi) is 5.23. The maximum Gasteiger partial charge on any atom is 0.371 e. The van der Waals surface area contributed by atoms with Gasteiger partial charge in [-0.1, -0.05) is 13.3 Å². The highest BCUT2D eigenvalue weighted by atomic mass is 16.4. The van der Waals surface area contributed by atoms with Crippen LogP contribution in [0.5, 0.6) is 0 Å². The van der Waals surface area contributed by atoms with Crippen LogP contribution in [0.1, 0.15) is 43.0 Å². The number of aromatic carboxylic acids is 1. The van der Waals surface area contributed by atoms with Gasteiger partial charge in [-0.2, -0.15) is 0 Å². The van der Waals surface area contributed by atoms with Crippen LogP contribution in [0.25, 0.3) is 0 Å². The molecule has 1 unspecified atom stereocenters. The highest BCUT2D eigenvalue weighted by Gasteiger charge is 2.10. The molecule has 0 bridgehead atoms. The number of rotatable bonds is 6. The van der Waals surface area contributed by atoms with Crippen molar-refractivity contribution < 1.29 is 19.1 Å². The summed E-state index contributed by atoms with van der Waals surface area (Å²) in [6.07, 6.45) is 1.92. The lowest BCUT2D eigenvalue weighted by atomic mass is 10.2. The van der Waals surface area contributed by atoms with E-state index in [9.17, 15) is 9.59 Å². The van der Waals surface area contributed by atoms with E-state index in [4.69, 9.17) is 9.52 Å². The number of carboxylic acids is 1. The zero-order chi connectivity index (χ0) is 13.5. The maximum absolute atomic E-state index is 11.5. The van der Waals surface area contributed by atoms with Crippen LogP contribution in [0, 0.1) is 0 Å². The van der Waals surface area contributed by atoms with Crippen LogP contribution in [0.3, 0.4) is 0 Å². The molecule has 3 N–H and O–H groups in total. The highest BCUT2D eigenvalue weighted by molar-refractivity contribution is 5.84. The molecule has 0 aromatic carbocycles. The summed E-state index contributed by atoms with van der Waals surface area (Å²) < 4.78 is 5.01. The first kappa shape index (κ1) is 14.1. The van der Waals surface area contributed by atoms with Crippen molar-refractivity contribution in [2.75, 3.05) is 0 Å². The third kappa shape index (κ3) is 4.48. The first-order chi connectivity index (χ1) is 8.52. The van der Waals surface area contributed by atoms with Gasteiger partial charge in [-0.3, -0.25) is 0 Å². The van der Waals surface area contributed by atoms with Crippen LogP contribution in [-0.2, 0) is 6.54 Å². The predicted octanol–water partition coefficient (Wildman–Crippen LogP) is 1.97. The van der Waals surface area contributed by atoms with Crippen LogP contribution in [0.2, 0.25) is 0 Å². The summed E-state index contributed by atoms with van der Waals surface area (Å²) in [5.41, 5.74) is 0. The second kappa shape index (κ2) is 6.68. The topological polar surface area (TPSA) is 91.6 Å². The number of carbonyl (C=O) groups excluding carboxylic acids is 1. The molecule has 0 spiro atoms. The number of carbonyl (C=O) groups is 2. The summed E-state index contributed by atoms with van der Waals surface area (Å²) in [7, 11) is 0. The minimum atomic E-state index is -1.12. The van der Waals surface area contributed by atoms with Gasteiger partial charge in [0.25, 0.3) is 0 Å². The van der Waals surface area contributed by atoms with E-state index >= 15 is 0 Å². The monoisotopic (exact) mass is 254 g/mol. The van der Waals surface area contributed by atoms with Crippen molar-refractivity contribution in [3.8, 4) is 0 Å². The summed E-state index contributed by atoms with van der Waals surface area (Å²) >= 11 is 0. The minimum absolute atomic E-state index is 0.112. The Morgan fingerprint density at radius 1 is 1.44 bits per heavy atom. The number of amides is 2. The molecule has 6 heteroatoms. The van der Waals surface area contributed by atoms with E-state index in [0.29, 0.717) is 5.76 Å². The van der Waals surface area contributed by atoms with Gasteiger partial charge in [0, 0.05) is 6.04 Å². The Morgan fingerprint density at radius 2 is 2.17 bits per heavy atom. The van der Waals surface area contributed by atoms with E-state index in [1.54, 1.807) is 0 Å². The lowest BCUT2D eigenvalue weighted by Gasteiger charge is -2.12. The molecule has 1 rings (SSSR count). The highest BCUT2D eigenvalue weighted by Crippen LogP contribution is 2.07. The second-order valence-electron chi connectivity index (χ2n) is 4.09. The maximum atomic E-state index is 11.5. The standard InChI is InChI=1S/C12H18N2O4/c1-3-4-8(2)14-12(17)13-7-9-5-6-10(18-9)11(15)16/h5-6,8H,3-4,7H2,1-2H3,(H,15,16)(H2,13,14,17). The van der Waals surface area contributed by atoms with Crippen LogP contribution in [0.15, 0.2) is 16.5 Å². The minimum Gasteiger partial charge on any atom is -0.475 e. The molecule has 1 aromatic heterocycles. The molecule has 0 aliphatic carbocycles. The molecule has 0 aliphatic rings. The fourth-order valence-corrected chi connectivity index (χ4v) is 1.54. The Balaban J connectivity index is 2.35. The largest absolute Gasteiger partial charge is 0.475 e. The average molecular weight is 254 g/mol. The molecule has 1 aromatic rings. The third-order valence-corrected chi connectivity index (χ3v) is 2.39. The second-order valence-corrected chi connectivity index (χ2v) is 4.09. The zero-order valence-electron chi connectivity index (χ0n) is 10.5. The van der Waals surface area contributed by atoms with E-state index in [1.807, 2.05) is 13.8 Å². The number of urea groups is 1. The Morgan fingerprint density at radius 3 is 2.72 bits per heavy atom. The Hall–Kier alpha value is -1.98. The summed E-state index contributed by atoms with van der Waals surface area (Å²) in [5, 5.41) is 14.0. The van der Waals surface area contributed by atoms with E-state index in [0.717, 1.165) is 12.8 Å². The fourth-order valence-electron chi connectivity index (χ4n) is 1.54. The molecule has 18 heavy (non-hydrogen) atoms. The van der Waals surface area contributed by atoms with Crippen molar-refractivity contribution in [2.45, 2.75) is 39.3 Å². The number of hydrogen-bond donors (Lipinski definition) is 3. The zero-order valence-corrected chi connectivity index (χ0v) is 10.5. The van der Waals surface area contributed by atoms with Gasteiger partial charge in [0.15, 0.2) is 0 Å². The smallest absolute Gasteiger partial charge is 0.371 e. The SMILES string of the molecule is CCCC(C)NC(=O)NCc1ccc(C(=O)O)o1. The molecular weight excluding hydrogens is 236 g/mol. The molecule has 6 nitrogen and oxygen atoms in total. The molecule has 0 radical (unpaired) electrons. The van der Waals surface area contributed by atoms with Crippen molar-refractivity contribution in [2.24, 2.45) is 0 Å². The van der Waals surface area contributed by atoms with Crippen LogP contribution >= 0.6 is 0 Å². The number of carboxylic acid groups (broad SMARTS) is 1. The first-order valence-electron chi connectivity index (χ1n) is 5.89. The number of nitrogens with one attached hydrogen (secondary N) is 2. The molecule has 1 heterocycles. The summed E-state index contributed by atoms with van der Waals surface area (Å²) in [6, 6.07) is 2.71. The number of furan rings is 1. The summed E-state index contributed by atoms with van der Waals surface area (Å²) in [5.74, 6) is -0.848. The average Bonchev–Trinajstić information content (AvgIpc) is 2.75. The van der Waals surface area contributed by atoms with Crippen LogP contribution in [-0.4, -0.2) is 23.1 Å². The van der Waals surface area contributed by atoms with Crippen molar-refractivity contribution >= 4 is 12.0 Å². The first-order valence-corrected chi connectivity index (χ1v) is 5.89. The van der Waals surface area contributed by atoms with Gasteiger partial charge in [-0.05, 0) is 25.5 Å². The van der Waals surface area contributed by atoms with Gasteiger partial charge in [0.05, 0.1) is 6.54 Å². The van der Waals surface area contributed by atoms with Crippen molar-refractivity contribution in [3.63, 3.8) is 0 Å². The van der Waals surface area contributed by atoms with Crippen LogP contribution < -0.4 is 10.6 Å². The molecular formula is C12H18N2O4. The normalized spacial score (nSPS) is 11.9. The molecule has 100 valence electrons. The van der Waals surface area contributed by atoms with Gasteiger partial charge in [0.2, 0.25) is 5.76 Å². The van der Waals surface area contributed by atoms with E-state index in [2.05, 4.69) is 10.6 Å². The van der Waals surface area contributed by atoms with Crippen molar-refractivity contribution in [1.82, 2.24) is 10.6 Å². The molecule has 0 aliphatic heterocycles. The van der Waals surface area contributed by atoms with Gasteiger partial charge < -0.3 is 20.2 Å². The predicted molar refractivity (Wildman–Crippen MR) is 65.4 cm³/mol. The van der Waals surface area contributed by atoms with Gasteiger partial charge in [0.1, 0.15) is 5.76 Å². The lowest BCUT2D eigenvalue weighted by molar-refractivity contribution is 0.0660. The number of hydrogen-bond acceptors (Lipinski definition) is 3. The van der Waals surface area contributed by atoms with Crippen LogP contribution in [0.4, 0.5) is 4.79 Å². The summed E-state index contributed by atoms with van der Waals surface area (Å²) in [6.45, 7) is 4.14. The van der Waals surface area contributed by atoms with Crippen molar-refractivity contribution in [3.05, 3.63) is 23.7 Å². The fraction of sp³-hybridized carbons (Fsp3) is 0.500. The van der Waals surface area contributed by atoms with Gasteiger partial charge in [-0.15, -0.1) is 0 Å². The molecule has 0 fully saturated rings. The molecule has 1 atom stereocenters. The third-order valence-electron chi connectivity index (χ3n) is 2.39. The molecule has 0 saturated heterocycles. The van der Waals surface area contributed by atoms with Crippen molar-refractivity contribution in [1.29, 1.82) is 0 Å². The Labute approximate surface area is 105 Å².